The van der Waals surface area contributed by atoms with E-state index in [1.54, 1.807) is 0 Å². The summed E-state index contributed by atoms with van der Waals surface area (Å²) in [7, 11) is 2.09. The van der Waals surface area contributed by atoms with Crippen molar-refractivity contribution in [3.8, 4) is 0 Å². The average Bonchev–Trinajstić information content (AvgIpc) is 2.42. The van der Waals surface area contributed by atoms with E-state index in [4.69, 9.17) is 17.3 Å². The van der Waals surface area contributed by atoms with Crippen LogP contribution in [0.5, 0.6) is 0 Å². The van der Waals surface area contributed by atoms with E-state index < -0.39 is 0 Å². The van der Waals surface area contributed by atoms with Crippen LogP contribution in [0, 0.1) is 6.92 Å². The molecule has 20 heavy (non-hydrogen) atoms. The van der Waals surface area contributed by atoms with Gasteiger partial charge in [0.05, 0.1) is 0 Å². The average molecular weight is 289 g/mol. The molecule has 0 heterocycles. The Kier molecular flexibility index (Phi) is 5.05. The van der Waals surface area contributed by atoms with Crippen molar-refractivity contribution in [3.63, 3.8) is 0 Å². The van der Waals surface area contributed by atoms with E-state index in [2.05, 4.69) is 43.1 Å². The number of halogens is 1. The highest BCUT2D eigenvalue weighted by atomic mass is 35.5. The molecule has 0 atom stereocenters. The van der Waals surface area contributed by atoms with Gasteiger partial charge in [-0.2, -0.15) is 0 Å². The Bertz CT molecular complexity index is 581. The van der Waals surface area contributed by atoms with E-state index in [0.29, 0.717) is 6.54 Å². The van der Waals surface area contributed by atoms with Crippen molar-refractivity contribution >= 4 is 17.3 Å². The maximum atomic E-state index is 6.24. The van der Waals surface area contributed by atoms with Gasteiger partial charge in [0.15, 0.2) is 0 Å². The van der Waals surface area contributed by atoms with Gasteiger partial charge in [-0.1, -0.05) is 47.5 Å². The number of hydrogen-bond donors (Lipinski definition) is 1. The minimum absolute atomic E-state index is 0.663. The second kappa shape index (κ2) is 6.78. The lowest BCUT2D eigenvalue weighted by Gasteiger charge is -2.23. The molecular formula is C17H21ClN2. The first-order valence-corrected chi connectivity index (χ1v) is 7.23. The van der Waals surface area contributed by atoms with Crippen LogP contribution in [-0.4, -0.2) is 13.6 Å². The van der Waals surface area contributed by atoms with Crippen molar-refractivity contribution in [2.24, 2.45) is 5.73 Å². The van der Waals surface area contributed by atoms with Gasteiger partial charge in [0.2, 0.25) is 0 Å². The van der Waals surface area contributed by atoms with E-state index >= 15 is 0 Å². The van der Waals surface area contributed by atoms with E-state index in [1.165, 1.54) is 16.8 Å². The van der Waals surface area contributed by atoms with Gasteiger partial charge in [0, 0.05) is 24.3 Å². The highest BCUT2D eigenvalue weighted by Crippen LogP contribution is 2.25. The first kappa shape index (κ1) is 14.9. The molecule has 2 nitrogen and oxygen atoms in total. The zero-order valence-corrected chi connectivity index (χ0v) is 12.8. The van der Waals surface area contributed by atoms with Gasteiger partial charge in [0.25, 0.3) is 0 Å². The number of nitrogens with two attached hydrogens (primary N) is 1. The molecule has 0 saturated carbocycles. The van der Waals surface area contributed by atoms with Crippen LogP contribution < -0.4 is 10.6 Å². The summed E-state index contributed by atoms with van der Waals surface area (Å²) in [5.74, 6) is 0. The molecule has 0 bridgehead atoms. The maximum Gasteiger partial charge on any atom is 0.0455 e. The molecule has 2 N–H and O–H groups in total. The number of benzene rings is 2. The predicted molar refractivity (Wildman–Crippen MR) is 87.5 cm³/mol. The van der Waals surface area contributed by atoms with Gasteiger partial charge < -0.3 is 10.6 Å². The van der Waals surface area contributed by atoms with Crippen molar-refractivity contribution in [2.75, 3.05) is 18.5 Å². The Morgan fingerprint density at radius 2 is 1.85 bits per heavy atom. The van der Waals surface area contributed by atoms with Gasteiger partial charge in [-0.15, -0.1) is 0 Å². The third-order valence-electron chi connectivity index (χ3n) is 3.43. The molecular weight excluding hydrogens is 268 g/mol. The minimum atomic E-state index is 0.663. The Morgan fingerprint density at radius 1 is 1.10 bits per heavy atom. The molecule has 0 aliphatic carbocycles. The van der Waals surface area contributed by atoms with E-state index in [0.717, 1.165) is 23.6 Å². The second-order valence-corrected chi connectivity index (χ2v) is 5.53. The summed E-state index contributed by atoms with van der Waals surface area (Å²) in [5, 5.41) is 0.812. The fourth-order valence-electron chi connectivity index (χ4n) is 2.41. The largest absolute Gasteiger partial charge is 0.370 e. The molecule has 0 aromatic heterocycles. The Labute approximate surface area is 126 Å². The molecule has 2 aromatic rings. The number of anilines is 1. The molecule has 0 fully saturated rings. The van der Waals surface area contributed by atoms with Crippen LogP contribution in [0.3, 0.4) is 0 Å². The molecule has 0 aliphatic rings. The fourth-order valence-corrected chi connectivity index (χ4v) is 2.61. The van der Waals surface area contributed by atoms with Crippen molar-refractivity contribution in [1.29, 1.82) is 0 Å². The van der Waals surface area contributed by atoms with Crippen LogP contribution in [0.1, 0.15) is 16.7 Å². The lowest BCUT2D eigenvalue weighted by atomic mass is 10.0. The summed E-state index contributed by atoms with van der Waals surface area (Å²) in [5.41, 5.74) is 10.6. The third kappa shape index (κ3) is 3.53. The van der Waals surface area contributed by atoms with E-state index in [1.807, 2.05) is 18.2 Å². The summed E-state index contributed by atoms with van der Waals surface area (Å²) < 4.78 is 0. The highest BCUT2D eigenvalue weighted by Gasteiger charge is 2.09. The highest BCUT2D eigenvalue weighted by molar-refractivity contribution is 6.31. The number of nitrogens with zero attached hydrogens (tertiary/aromatic N) is 1. The summed E-state index contributed by atoms with van der Waals surface area (Å²) in [6, 6.07) is 14.5. The quantitative estimate of drug-likeness (QED) is 0.907. The molecule has 0 unspecified atom stereocenters. The molecule has 2 rings (SSSR count). The van der Waals surface area contributed by atoms with Gasteiger partial charge in [-0.25, -0.2) is 0 Å². The van der Waals surface area contributed by atoms with Crippen LogP contribution in [-0.2, 0) is 13.0 Å². The van der Waals surface area contributed by atoms with Gasteiger partial charge in [-0.05, 0) is 43.1 Å². The zero-order valence-electron chi connectivity index (χ0n) is 12.1. The summed E-state index contributed by atoms with van der Waals surface area (Å²) in [6.07, 6.45) is 0.893. The normalized spacial score (nSPS) is 10.6. The monoisotopic (exact) mass is 288 g/mol. The first-order valence-electron chi connectivity index (χ1n) is 6.86. The molecule has 2 aromatic carbocycles. The topological polar surface area (TPSA) is 29.3 Å². The van der Waals surface area contributed by atoms with E-state index in [-0.39, 0.29) is 0 Å². The number of aryl methyl sites for hydroxylation is 1. The zero-order chi connectivity index (χ0) is 14.5. The second-order valence-electron chi connectivity index (χ2n) is 5.12. The maximum absolute atomic E-state index is 6.24. The Hall–Kier alpha value is -1.51. The molecule has 106 valence electrons. The van der Waals surface area contributed by atoms with Crippen LogP contribution >= 0.6 is 11.6 Å². The summed E-state index contributed by atoms with van der Waals surface area (Å²) in [6.45, 7) is 3.56. The first-order chi connectivity index (χ1) is 9.61. The van der Waals surface area contributed by atoms with Crippen molar-refractivity contribution in [3.05, 3.63) is 64.2 Å². The summed E-state index contributed by atoms with van der Waals surface area (Å²) in [4.78, 5) is 2.23. The van der Waals surface area contributed by atoms with Gasteiger partial charge in [0.1, 0.15) is 0 Å². The molecule has 0 aliphatic heterocycles. The van der Waals surface area contributed by atoms with Crippen molar-refractivity contribution in [2.45, 2.75) is 19.9 Å². The smallest absolute Gasteiger partial charge is 0.0455 e. The number of hydrogen-bond acceptors (Lipinski definition) is 2. The van der Waals surface area contributed by atoms with Crippen LogP contribution in [0.15, 0.2) is 42.5 Å². The number of rotatable bonds is 5. The van der Waals surface area contributed by atoms with Crippen molar-refractivity contribution < 1.29 is 0 Å². The van der Waals surface area contributed by atoms with Crippen molar-refractivity contribution in [1.82, 2.24) is 0 Å². The third-order valence-corrected chi connectivity index (χ3v) is 3.79. The fraction of sp³-hybridized carbons (Fsp3) is 0.294. The lowest BCUT2D eigenvalue weighted by Crippen LogP contribution is -2.19. The van der Waals surface area contributed by atoms with Crippen LogP contribution in [0.4, 0.5) is 5.69 Å². The minimum Gasteiger partial charge on any atom is -0.370 e. The molecule has 0 saturated heterocycles. The Morgan fingerprint density at radius 3 is 2.55 bits per heavy atom. The molecule has 3 heteroatoms. The van der Waals surface area contributed by atoms with Gasteiger partial charge >= 0.3 is 0 Å². The van der Waals surface area contributed by atoms with E-state index in [9.17, 15) is 0 Å². The standard InChI is InChI=1S/C17H21ClN2/c1-13-7-8-17(14(11-13)9-10-19)20(2)12-15-5-3-4-6-16(15)18/h3-8,11H,9-10,12,19H2,1-2H3. The summed E-state index contributed by atoms with van der Waals surface area (Å²) >= 11 is 6.24. The molecule has 0 radical (unpaired) electrons. The van der Waals surface area contributed by atoms with Gasteiger partial charge in [-0.3, -0.25) is 0 Å². The Balaban J connectivity index is 2.25. The van der Waals surface area contributed by atoms with Crippen LogP contribution in [0.25, 0.3) is 0 Å². The van der Waals surface area contributed by atoms with Crippen LogP contribution in [0.2, 0.25) is 5.02 Å². The molecule has 0 spiro atoms. The SMILES string of the molecule is Cc1ccc(N(C)Cc2ccccc2Cl)c(CCN)c1. The molecule has 0 amide bonds. The predicted octanol–water partition coefficient (Wildman–Crippen LogP) is 3.79. The lowest BCUT2D eigenvalue weighted by molar-refractivity contribution is 0.891.